The lowest BCUT2D eigenvalue weighted by atomic mass is 9.87. The summed E-state index contributed by atoms with van der Waals surface area (Å²) in [4.78, 5) is 9.44. The van der Waals surface area contributed by atoms with Gasteiger partial charge in [0.1, 0.15) is 5.82 Å². The lowest BCUT2D eigenvalue weighted by Crippen LogP contribution is -1.95. The van der Waals surface area contributed by atoms with Crippen molar-refractivity contribution in [1.29, 1.82) is 0 Å². The maximum absolute atomic E-state index is 4.72. The van der Waals surface area contributed by atoms with Gasteiger partial charge in [0.15, 0.2) is 0 Å². The van der Waals surface area contributed by atoms with Crippen molar-refractivity contribution in [2.75, 3.05) is 0 Å². The van der Waals surface area contributed by atoms with Crippen molar-refractivity contribution in [3.05, 3.63) is 96.8 Å². The zero-order chi connectivity index (χ0) is 19.4. The molecule has 2 heteroatoms. The Kier molecular flexibility index (Phi) is 3.41. The van der Waals surface area contributed by atoms with Gasteiger partial charge < -0.3 is 0 Å². The van der Waals surface area contributed by atoms with Crippen LogP contribution in [0.5, 0.6) is 0 Å². The topological polar surface area (TPSA) is 25.8 Å². The van der Waals surface area contributed by atoms with Gasteiger partial charge in [-0.1, -0.05) is 72.8 Å². The van der Waals surface area contributed by atoms with Crippen molar-refractivity contribution >= 4 is 32.6 Å². The Morgan fingerprint density at radius 3 is 1.48 bits per heavy atom. The molecule has 1 aromatic heterocycles. The van der Waals surface area contributed by atoms with E-state index in [0.717, 1.165) is 22.2 Å². The van der Waals surface area contributed by atoms with E-state index < -0.39 is 0 Å². The third kappa shape index (κ3) is 2.43. The van der Waals surface area contributed by atoms with E-state index in [1.54, 1.807) is 0 Å². The highest BCUT2D eigenvalue weighted by atomic mass is 14.9. The summed E-state index contributed by atoms with van der Waals surface area (Å²) < 4.78 is 0. The molecule has 136 valence electrons. The smallest absolute Gasteiger partial charge is 0.126 e. The molecule has 0 atom stereocenters. The second-order valence-electron chi connectivity index (χ2n) is 7.49. The third-order valence-electron chi connectivity index (χ3n) is 5.72. The number of benzene rings is 5. The van der Waals surface area contributed by atoms with Crippen LogP contribution < -0.4 is 0 Å². The molecule has 6 rings (SSSR count). The maximum atomic E-state index is 4.72. The summed E-state index contributed by atoms with van der Waals surface area (Å²) in [5.74, 6) is 0.808. The Bertz CT molecular complexity index is 1380. The number of hydrogen-bond donors (Lipinski definition) is 0. The molecule has 0 bridgehead atoms. The normalized spacial score (nSPS) is 11.6. The third-order valence-corrected chi connectivity index (χ3v) is 5.72. The van der Waals surface area contributed by atoms with Crippen molar-refractivity contribution in [3.63, 3.8) is 0 Å². The molecule has 29 heavy (non-hydrogen) atoms. The summed E-state index contributed by atoms with van der Waals surface area (Å²) in [7, 11) is 0. The van der Waals surface area contributed by atoms with Crippen molar-refractivity contribution < 1.29 is 0 Å². The highest BCUT2D eigenvalue weighted by Crippen LogP contribution is 2.43. The standard InChI is InChI=1S/C27H18N2/c1-17-28-24-14-12-20-22(18-8-4-2-5-9-18)16-23(19-10-6-3-7-11-19)21-13-15-25(29-17)27(24)26(20)21/h2-16H,1H3. The fraction of sp³-hybridized carbons (Fsp3) is 0.0370. The van der Waals surface area contributed by atoms with Gasteiger partial charge in [0, 0.05) is 10.8 Å². The molecule has 0 N–H and O–H groups in total. The Morgan fingerprint density at radius 1 is 0.517 bits per heavy atom. The average molecular weight is 370 g/mol. The molecular formula is C27H18N2. The highest BCUT2D eigenvalue weighted by Gasteiger charge is 2.17. The van der Waals surface area contributed by atoms with Gasteiger partial charge in [-0.15, -0.1) is 0 Å². The molecule has 2 nitrogen and oxygen atoms in total. The van der Waals surface area contributed by atoms with Crippen molar-refractivity contribution in [1.82, 2.24) is 9.97 Å². The zero-order valence-electron chi connectivity index (χ0n) is 16.1. The minimum atomic E-state index is 0.808. The van der Waals surface area contributed by atoms with Gasteiger partial charge in [-0.2, -0.15) is 0 Å². The summed E-state index contributed by atoms with van der Waals surface area (Å²) in [5.41, 5.74) is 6.95. The molecule has 0 aliphatic carbocycles. The van der Waals surface area contributed by atoms with Crippen LogP contribution in [0.4, 0.5) is 0 Å². The van der Waals surface area contributed by atoms with Gasteiger partial charge in [-0.3, -0.25) is 0 Å². The van der Waals surface area contributed by atoms with E-state index in [1.807, 2.05) is 6.92 Å². The number of rotatable bonds is 2. The molecule has 0 radical (unpaired) electrons. The largest absolute Gasteiger partial charge is 0.233 e. The summed E-state index contributed by atoms with van der Waals surface area (Å²) >= 11 is 0. The molecular weight excluding hydrogens is 352 g/mol. The Labute approximate surface area is 168 Å². The van der Waals surface area contributed by atoms with Gasteiger partial charge in [0.2, 0.25) is 0 Å². The predicted octanol–water partition coefficient (Wildman–Crippen LogP) is 7.02. The number of hydrogen-bond acceptors (Lipinski definition) is 2. The molecule has 1 heterocycles. The highest BCUT2D eigenvalue weighted by molar-refractivity contribution is 6.27. The molecule has 0 unspecified atom stereocenters. The average Bonchev–Trinajstić information content (AvgIpc) is 2.78. The van der Waals surface area contributed by atoms with Crippen LogP contribution in [0.1, 0.15) is 5.82 Å². The van der Waals surface area contributed by atoms with Gasteiger partial charge >= 0.3 is 0 Å². The minimum absolute atomic E-state index is 0.808. The predicted molar refractivity (Wildman–Crippen MR) is 121 cm³/mol. The molecule has 0 amide bonds. The van der Waals surface area contributed by atoms with Crippen LogP contribution >= 0.6 is 0 Å². The van der Waals surface area contributed by atoms with E-state index in [-0.39, 0.29) is 0 Å². The van der Waals surface area contributed by atoms with Gasteiger partial charge in [-0.25, -0.2) is 9.97 Å². The molecule has 0 aliphatic rings. The van der Waals surface area contributed by atoms with Crippen molar-refractivity contribution in [3.8, 4) is 22.3 Å². The van der Waals surface area contributed by atoms with Crippen LogP contribution in [-0.4, -0.2) is 9.97 Å². The van der Waals surface area contributed by atoms with Crippen LogP contribution in [0.25, 0.3) is 54.8 Å². The van der Waals surface area contributed by atoms with E-state index >= 15 is 0 Å². The van der Waals surface area contributed by atoms with Crippen LogP contribution in [0.2, 0.25) is 0 Å². The van der Waals surface area contributed by atoms with E-state index in [1.165, 1.54) is 38.4 Å². The van der Waals surface area contributed by atoms with Gasteiger partial charge in [0.05, 0.1) is 11.0 Å². The Morgan fingerprint density at radius 2 is 1.00 bits per heavy atom. The van der Waals surface area contributed by atoms with Crippen molar-refractivity contribution in [2.24, 2.45) is 0 Å². The number of nitrogens with zero attached hydrogens (tertiary/aromatic N) is 2. The first kappa shape index (κ1) is 16.2. The molecule has 6 aromatic rings. The Balaban J connectivity index is 1.86. The second-order valence-corrected chi connectivity index (χ2v) is 7.49. The lowest BCUT2D eigenvalue weighted by molar-refractivity contribution is 1.12. The molecule has 5 aromatic carbocycles. The number of aryl methyl sites for hydroxylation is 1. The molecule has 0 fully saturated rings. The quantitative estimate of drug-likeness (QED) is 0.306. The van der Waals surface area contributed by atoms with Gasteiger partial charge in [0.25, 0.3) is 0 Å². The first-order valence-corrected chi connectivity index (χ1v) is 9.86. The first-order chi connectivity index (χ1) is 14.3. The van der Waals surface area contributed by atoms with E-state index in [4.69, 9.17) is 9.97 Å². The first-order valence-electron chi connectivity index (χ1n) is 9.86. The van der Waals surface area contributed by atoms with E-state index in [9.17, 15) is 0 Å². The van der Waals surface area contributed by atoms with Crippen LogP contribution in [0, 0.1) is 6.92 Å². The summed E-state index contributed by atoms with van der Waals surface area (Å²) in [5, 5.41) is 4.90. The maximum Gasteiger partial charge on any atom is 0.126 e. The summed E-state index contributed by atoms with van der Waals surface area (Å²) in [6.45, 7) is 1.96. The fourth-order valence-corrected chi connectivity index (χ4v) is 4.48. The second kappa shape index (κ2) is 6.11. The fourth-order valence-electron chi connectivity index (χ4n) is 4.48. The molecule has 0 aliphatic heterocycles. The Hall–Kier alpha value is -3.78. The monoisotopic (exact) mass is 370 g/mol. The van der Waals surface area contributed by atoms with Gasteiger partial charge in [-0.05, 0) is 58.1 Å². The van der Waals surface area contributed by atoms with Crippen molar-refractivity contribution in [2.45, 2.75) is 6.92 Å². The minimum Gasteiger partial charge on any atom is -0.233 e. The molecule has 0 saturated carbocycles. The van der Waals surface area contributed by atoms with E-state index in [2.05, 4.69) is 91.0 Å². The SMILES string of the molecule is Cc1nc2ccc3c(-c4ccccc4)cc(-c4ccccc4)c4ccc(n1)c2c34. The molecule has 0 spiro atoms. The summed E-state index contributed by atoms with van der Waals surface area (Å²) in [6, 6.07) is 32.3. The van der Waals surface area contributed by atoms with Crippen LogP contribution in [0.3, 0.4) is 0 Å². The lowest BCUT2D eigenvalue weighted by Gasteiger charge is -2.17. The number of aromatic nitrogens is 2. The molecule has 0 saturated heterocycles. The van der Waals surface area contributed by atoms with E-state index in [0.29, 0.717) is 0 Å². The van der Waals surface area contributed by atoms with Crippen LogP contribution in [-0.2, 0) is 0 Å². The zero-order valence-corrected chi connectivity index (χ0v) is 16.1. The van der Waals surface area contributed by atoms with Crippen LogP contribution in [0.15, 0.2) is 91.0 Å². The summed E-state index contributed by atoms with van der Waals surface area (Å²) in [6.07, 6.45) is 0.